The molecule has 1 N–H and O–H groups in total. The molecule has 0 fully saturated rings. The zero-order valence-corrected chi connectivity index (χ0v) is 10.5. The Morgan fingerprint density at radius 2 is 2.06 bits per heavy atom. The fraction of sp³-hybridized carbons (Fsp3) is 0.500. The lowest BCUT2D eigenvalue weighted by molar-refractivity contribution is 0.0562. The molecule has 0 radical (unpaired) electrons. The summed E-state index contributed by atoms with van der Waals surface area (Å²) in [5, 5.41) is 2.57. The standard InChI is InChI=1S/C12H20N2O2/c1-7-9(3)13-10(8-2)14-11(15)16-12(4,5)6/h7H,1,3,8H2,2,4-6H3,(H,13,14,15). The number of hydrogen-bond acceptors (Lipinski definition) is 3. The number of carbonyl (C=O) groups excluding carboxylic acids is 1. The maximum atomic E-state index is 11.4. The highest BCUT2D eigenvalue weighted by Gasteiger charge is 2.16. The molecular weight excluding hydrogens is 204 g/mol. The maximum Gasteiger partial charge on any atom is 0.413 e. The lowest BCUT2D eigenvalue weighted by atomic mass is 10.2. The van der Waals surface area contributed by atoms with Crippen LogP contribution in [-0.4, -0.2) is 17.5 Å². The first-order valence-corrected chi connectivity index (χ1v) is 5.17. The van der Waals surface area contributed by atoms with E-state index in [-0.39, 0.29) is 0 Å². The van der Waals surface area contributed by atoms with Crippen LogP contribution in [0.15, 0.2) is 29.9 Å². The Hall–Kier alpha value is -1.58. The van der Waals surface area contributed by atoms with E-state index < -0.39 is 11.7 Å². The molecule has 0 aliphatic carbocycles. The summed E-state index contributed by atoms with van der Waals surface area (Å²) in [6, 6.07) is 0. The second-order valence-corrected chi connectivity index (χ2v) is 4.23. The highest BCUT2D eigenvalue weighted by atomic mass is 16.6. The van der Waals surface area contributed by atoms with Crippen LogP contribution in [0.2, 0.25) is 0 Å². The molecule has 0 aliphatic heterocycles. The van der Waals surface area contributed by atoms with Crippen molar-refractivity contribution in [1.29, 1.82) is 0 Å². The molecule has 4 heteroatoms. The van der Waals surface area contributed by atoms with Crippen molar-refractivity contribution in [3.63, 3.8) is 0 Å². The summed E-state index contributed by atoms with van der Waals surface area (Å²) in [6.07, 6.45) is 1.60. The van der Waals surface area contributed by atoms with Gasteiger partial charge in [0.25, 0.3) is 0 Å². The Morgan fingerprint density at radius 3 is 2.44 bits per heavy atom. The topological polar surface area (TPSA) is 50.7 Å². The Bertz CT molecular complexity index is 311. The molecule has 1 amide bonds. The first-order chi connectivity index (χ1) is 7.28. The van der Waals surface area contributed by atoms with Crippen LogP contribution >= 0.6 is 0 Å². The lowest BCUT2D eigenvalue weighted by Gasteiger charge is -2.19. The molecule has 90 valence electrons. The van der Waals surface area contributed by atoms with Crippen LogP contribution in [0.3, 0.4) is 0 Å². The molecule has 0 saturated heterocycles. The number of amidine groups is 1. The van der Waals surface area contributed by atoms with Gasteiger partial charge in [-0.25, -0.2) is 9.79 Å². The van der Waals surface area contributed by atoms with Crippen LogP contribution in [0.5, 0.6) is 0 Å². The average molecular weight is 224 g/mol. The number of aliphatic imine (C=N–C) groups is 1. The average Bonchev–Trinajstić information content (AvgIpc) is 2.13. The quantitative estimate of drug-likeness (QED) is 0.455. The number of nitrogens with zero attached hydrogens (tertiary/aromatic N) is 1. The van der Waals surface area contributed by atoms with Crippen LogP contribution in [0.25, 0.3) is 0 Å². The van der Waals surface area contributed by atoms with Gasteiger partial charge in [-0.3, -0.25) is 5.32 Å². The van der Waals surface area contributed by atoms with Crippen molar-refractivity contribution < 1.29 is 9.53 Å². The first kappa shape index (κ1) is 14.4. The zero-order valence-electron chi connectivity index (χ0n) is 10.5. The summed E-state index contributed by atoms with van der Waals surface area (Å²) < 4.78 is 5.10. The van der Waals surface area contributed by atoms with Gasteiger partial charge in [-0.2, -0.15) is 0 Å². The molecular formula is C12H20N2O2. The molecule has 0 atom stereocenters. The molecule has 0 aliphatic rings. The molecule has 0 bridgehead atoms. The maximum absolute atomic E-state index is 11.4. The Balaban J connectivity index is 4.45. The Kier molecular flexibility index (Phi) is 5.50. The van der Waals surface area contributed by atoms with Gasteiger partial charge in [0.2, 0.25) is 0 Å². The van der Waals surface area contributed by atoms with Crippen LogP contribution in [0, 0.1) is 0 Å². The van der Waals surface area contributed by atoms with E-state index in [9.17, 15) is 4.79 Å². The van der Waals surface area contributed by atoms with Crippen molar-refractivity contribution in [3.05, 3.63) is 24.9 Å². The van der Waals surface area contributed by atoms with Crippen molar-refractivity contribution in [2.75, 3.05) is 0 Å². The van der Waals surface area contributed by atoms with E-state index in [4.69, 9.17) is 4.74 Å². The van der Waals surface area contributed by atoms with Gasteiger partial charge in [0.15, 0.2) is 0 Å². The number of carbonyl (C=O) groups is 1. The molecule has 0 heterocycles. The van der Waals surface area contributed by atoms with Gasteiger partial charge in [-0.1, -0.05) is 20.1 Å². The third-order valence-electron chi connectivity index (χ3n) is 1.49. The van der Waals surface area contributed by atoms with Crippen molar-refractivity contribution in [2.24, 2.45) is 4.99 Å². The van der Waals surface area contributed by atoms with Crippen molar-refractivity contribution in [3.8, 4) is 0 Å². The summed E-state index contributed by atoms with van der Waals surface area (Å²) in [7, 11) is 0. The number of ether oxygens (including phenoxy) is 1. The third kappa shape index (κ3) is 6.81. The van der Waals surface area contributed by atoms with Crippen LogP contribution in [-0.2, 0) is 4.74 Å². The molecule has 4 nitrogen and oxygen atoms in total. The molecule has 16 heavy (non-hydrogen) atoms. The summed E-state index contributed by atoms with van der Waals surface area (Å²) in [5.41, 5.74) is -0.00817. The van der Waals surface area contributed by atoms with E-state index in [0.29, 0.717) is 18.0 Å². The number of alkyl carbamates (subject to hydrolysis) is 1. The summed E-state index contributed by atoms with van der Waals surface area (Å²) in [6.45, 7) is 14.5. The fourth-order valence-corrected chi connectivity index (χ4v) is 0.836. The predicted molar refractivity (Wildman–Crippen MR) is 66.4 cm³/mol. The first-order valence-electron chi connectivity index (χ1n) is 5.17. The van der Waals surface area contributed by atoms with E-state index in [1.807, 2.05) is 6.92 Å². The van der Waals surface area contributed by atoms with Gasteiger partial charge >= 0.3 is 6.09 Å². The van der Waals surface area contributed by atoms with Crippen LogP contribution in [0.1, 0.15) is 34.1 Å². The van der Waals surface area contributed by atoms with E-state index in [1.54, 1.807) is 20.8 Å². The van der Waals surface area contributed by atoms with Gasteiger partial charge in [0.05, 0.1) is 5.70 Å². The minimum Gasteiger partial charge on any atom is -0.444 e. The van der Waals surface area contributed by atoms with Gasteiger partial charge in [0, 0.05) is 6.42 Å². The summed E-state index contributed by atoms with van der Waals surface area (Å²) in [5.74, 6) is 0.513. The van der Waals surface area contributed by atoms with Gasteiger partial charge < -0.3 is 4.74 Å². The second-order valence-electron chi connectivity index (χ2n) is 4.23. The highest BCUT2D eigenvalue weighted by Crippen LogP contribution is 2.06. The Labute approximate surface area is 97.1 Å². The molecule has 0 aromatic heterocycles. The fourth-order valence-electron chi connectivity index (χ4n) is 0.836. The number of rotatable bonds is 3. The number of hydrogen-bond donors (Lipinski definition) is 1. The van der Waals surface area contributed by atoms with E-state index in [0.717, 1.165) is 0 Å². The number of amides is 1. The van der Waals surface area contributed by atoms with Crippen LogP contribution in [0.4, 0.5) is 4.79 Å². The van der Waals surface area contributed by atoms with Crippen molar-refractivity contribution >= 4 is 11.9 Å². The SMILES string of the molecule is C=CC(=C)/N=C(\CC)NC(=O)OC(C)(C)C. The monoisotopic (exact) mass is 224 g/mol. The Morgan fingerprint density at radius 1 is 1.50 bits per heavy atom. The molecule has 0 rings (SSSR count). The van der Waals surface area contributed by atoms with Gasteiger partial charge in [-0.15, -0.1) is 0 Å². The van der Waals surface area contributed by atoms with Crippen molar-refractivity contribution in [2.45, 2.75) is 39.7 Å². The number of nitrogens with one attached hydrogen (secondary N) is 1. The largest absolute Gasteiger partial charge is 0.444 e. The zero-order chi connectivity index (χ0) is 12.8. The second kappa shape index (κ2) is 6.10. The molecule has 0 unspecified atom stereocenters. The van der Waals surface area contributed by atoms with Gasteiger partial charge in [0.1, 0.15) is 11.4 Å². The van der Waals surface area contributed by atoms with Crippen molar-refractivity contribution in [1.82, 2.24) is 5.32 Å². The van der Waals surface area contributed by atoms with E-state index >= 15 is 0 Å². The van der Waals surface area contributed by atoms with Crippen LogP contribution < -0.4 is 5.32 Å². The molecule has 0 saturated carbocycles. The smallest absolute Gasteiger partial charge is 0.413 e. The molecule has 0 aromatic carbocycles. The predicted octanol–water partition coefficient (Wildman–Crippen LogP) is 3.02. The number of allylic oxidation sites excluding steroid dienone is 1. The summed E-state index contributed by atoms with van der Waals surface area (Å²) >= 11 is 0. The minimum atomic E-state index is -0.515. The summed E-state index contributed by atoms with van der Waals surface area (Å²) in [4.78, 5) is 15.5. The highest BCUT2D eigenvalue weighted by molar-refractivity contribution is 5.95. The normalized spacial score (nSPS) is 11.9. The third-order valence-corrected chi connectivity index (χ3v) is 1.49. The molecule has 0 aromatic rings. The van der Waals surface area contributed by atoms with Gasteiger partial charge in [-0.05, 0) is 26.8 Å². The van der Waals surface area contributed by atoms with E-state index in [2.05, 4.69) is 23.5 Å². The van der Waals surface area contributed by atoms with E-state index in [1.165, 1.54) is 6.08 Å². The minimum absolute atomic E-state index is 0.507. The lowest BCUT2D eigenvalue weighted by Crippen LogP contribution is -2.36. The molecule has 0 spiro atoms.